The van der Waals surface area contributed by atoms with Gasteiger partial charge in [0.1, 0.15) is 5.75 Å². The van der Waals surface area contributed by atoms with E-state index in [1.54, 1.807) is 23.7 Å². The number of hydrogen-bond donors (Lipinski definition) is 3. The maximum absolute atomic E-state index is 11.9. The van der Waals surface area contributed by atoms with Gasteiger partial charge in [-0.3, -0.25) is 14.8 Å². The first-order valence-corrected chi connectivity index (χ1v) is 7.11. The molecule has 21 heavy (non-hydrogen) atoms. The Kier molecular flexibility index (Phi) is 7.89. The zero-order valence-electron chi connectivity index (χ0n) is 12.2. The van der Waals surface area contributed by atoms with E-state index in [1.807, 2.05) is 6.07 Å². The van der Waals surface area contributed by atoms with E-state index in [9.17, 15) is 9.59 Å². The van der Waals surface area contributed by atoms with Crippen molar-refractivity contribution in [3.8, 4) is 5.75 Å². The van der Waals surface area contributed by atoms with Crippen LogP contribution in [0.15, 0.2) is 24.3 Å². The van der Waals surface area contributed by atoms with Gasteiger partial charge in [-0.15, -0.1) is 0 Å². The smallest absolute Gasteiger partial charge is 0.251 e. The van der Waals surface area contributed by atoms with Gasteiger partial charge in [-0.25, -0.2) is 5.48 Å². The summed E-state index contributed by atoms with van der Waals surface area (Å²) in [6.45, 7) is 3.09. The number of carbonyl (C=O) groups excluding carboxylic acids is 2. The highest BCUT2D eigenvalue weighted by Crippen LogP contribution is 2.13. The van der Waals surface area contributed by atoms with Crippen molar-refractivity contribution < 1.29 is 19.5 Å². The van der Waals surface area contributed by atoms with E-state index in [1.165, 1.54) is 0 Å². The van der Waals surface area contributed by atoms with E-state index in [0.717, 1.165) is 12.8 Å². The average molecular weight is 294 g/mol. The fraction of sp³-hybridized carbons (Fsp3) is 0.467. The van der Waals surface area contributed by atoms with Crippen LogP contribution in [0.5, 0.6) is 5.75 Å². The zero-order valence-corrected chi connectivity index (χ0v) is 12.2. The van der Waals surface area contributed by atoms with Crippen LogP contribution in [-0.2, 0) is 4.79 Å². The summed E-state index contributed by atoms with van der Waals surface area (Å²) in [5.74, 6) is 0.00618. The largest absolute Gasteiger partial charge is 0.494 e. The van der Waals surface area contributed by atoms with E-state index in [-0.39, 0.29) is 12.3 Å². The van der Waals surface area contributed by atoms with E-state index < -0.39 is 5.91 Å². The molecule has 116 valence electrons. The molecule has 0 fully saturated rings. The van der Waals surface area contributed by atoms with Crippen LogP contribution < -0.4 is 15.5 Å². The molecule has 0 heterocycles. The molecule has 6 heteroatoms. The molecule has 2 amide bonds. The summed E-state index contributed by atoms with van der Waals surface area (Å²) in [7, 11) is 0. The van der Waals surface area contributed by atoms with Crippen molar-refractivity contribution in [3.05, 3.63) is 29.8 Å². The van der Waals surface area contributed by atoms with Crippen LogP contribution in [0.1, 0.15) is 43.0 Å². The Morgan fingerprint density at radius 1 is 1.29 bits per heavy atom. The summed E-state index contributed by atoms with van der Waals surface area (Å²) in [4.78, 5) is 22.7. The van der Waals surface area contributed by atoms with Gasteiger partial charge in [0, 0.05) is 18.5 Å². The molecule has 0 aromatic heterocycles. The van der Waals surface area contributed by atoms with Gasteiger partial charge in [-0.2, -0.15) is 0 Å². The summed E-state index contributed by atoms with van der Waals surface area (Å²) in [5, 5.41) is 11.1. The third-order valence-electron chi connectivity index (χ3n) is 2.85. The summed E-state index contributed by atoms with van der Waals surface area (Å²) in [6, 6.07) is 7.00. The van der Waals surface area contributed by atoms with Crippen molar-refractivity contribution in [1.29, 1.82) is 0 Å². The molecule has 0 radical (unpaired) electrons. The van der Waals surface area contributed by atoms with Gasteiger partial charge in [-0.1, -0.05) is 19.4 Å². The maximum atomic E-state index is 11.9. The third kappa shape index (κ3) is 6.76. The highest BCUT2D eigenvalue weighted by molar-refractivity contribution is 5.94. The first kappa shape index (κ1) is 17.0. The van der Waals surface area contributed by atoms with Crippen LogP contribution in [0.4, 0.5) is 0 Å². The molecular formula is C15H22N2O4. The Morgan fingerprint density at radius 3 is 2.81 bits per heavy atom. The minimum Gasteiger partial charge on any atom is -0.494 e. The number of unbranched alkanes of at least 4 members (excludes halogenated alkanes) is 1. The topological polar surface area (TPSA) is 87.7 Å². The average Bonchev–Trinajstić information content (AvgIpc) is 2.51. The Morgan fingerprint density at radius 2 is 2.10 bits per heavy atom. The van der Waals surface area contributed by atoms with Gasteiger partial charge in [0.15, 0.2) is 0 Å². The van der Waals surface area contributed by atoms with Gasteiger partial charge in [0.05, 0.1) is 6.61 Å². The Hall–Kier alpha value is -2.08. The van der Waals surface area contributed by atoms with Gasteiger partial charge >= 0.3 is 0 Å². The minimum atomic E-state index is -0.462. The van der Waals surface area contributed by atoms with Gasteiger partial charge < -0.3 is 10.1 Å². The van der Waals surface area contributed by atoms with Crippen molar-refractivity contribution in [2.75, 3.05) is 13.2 Å². The number of ether oxygens (including phenoxy) is 1. The SMILES string of the molecule is CCCCOc1cccc(C(=O)NCCCC(=O)NO)c1. The second kappa shape index (κ2) is 9.77. The number of hydroxylamine groups is 1. The molecule has 1 rings (SSSR count). The van der Waals surface area contributed by atoms with Crippen molar-refractivity contribution >= 4 is 11.8 Å². The van der Waals surface area contributed by atoms with Crippen LogP contribution in [0.3, 0.4) is 0 Å². The molecular weight excluding hydrogens is 272 g/mol. The van der Waals surface area contributed by atoms with E-state index in [2.05, 4.69) is 12.2 Å². The number of benzene rings is 1. The minimum absolute atomic E-state index is 0.164. The highest BCUT2D eigenvalue weighted by Gasteiger charge is 2.06. The van der Waals surface area contributed by atoms with E-state index in [0.29, 0.717) is 30.9 Å². The number of amides is 2. The second-order valence-electron chi connectivity index (χ2n) is 4.62. The maximum Gasteiger partial charge on any atom is 0.251 e. The predicted octanol–water partition coefficient (Wildman–Crippen LogP) is 1.88. The molecule has 1 aromatic carbocycles. The molecule has 0 spiro atoms. The first-order chi connectivity index (χ1) is 10.2. The van der Waals surface area contributed by atoms with Crippen LogP contribution in [0.25, 0.3) is 0 Å². The van der Waals surface area contributed by atoms with Crippen molar-refractivity contribution in [2.24, 2.45) is 0 Å². The number of rotatable bonds is 9. The molecule has 0 saturated heterocycles. The number of hydrogen-bond acceptors (Lipinski definition) is 4. The Bertz CT molecular complexity index is 463. The molecule has 0 saturated carbocycles. The van der Waals surface area contributed by atoms with E-state index >= 15 is 0 Å². The standard InChI is InChI=1S/C15H22N2O4/c1-2-3-10-21-13-7-4-6-12(11-13)15(19)16-9-5-8-14(18)17-20/h4,6-7,11,20H,2-3,5,8-10H2,1H3,(H,16,19)(H,17,18). The van der Waals surface area contributed by atoms with Gasteiger partial charge in [0.2, 0.25) is 5.91 Å². The predicted molar refractivity (Wildman–Crippen MR) is 78.3 cm³/mol. The van der Waals surface area contributed by atoms with Crippen LogP contribution in [0, 0.1) is 0 Å². The molecule has 6 nitrogen and oxygen atoms in total. The molecule has 0 atom stereocenters. The normalized spacial score (nSPS) is 10.0. The highest BCUT2D eigenvalue weighted by atomic mass is 16.5. The van der Waals surface area contributed by atoms with Crippen molar-refractivity contribution in [2.45, 2.75) is 32.6 Å². The first-order valence-electron chi connectivity index (χ1n) is 7.11. The summed E-state index contributed by atoms with van der Waals surface area (Å²) in [6.07, 6.45) is 2.66. The van der Waals surface area contributed by atoms with Crippen molar-refractivity contribution in [3.63, 3.8) is 0 Å². The van der Waals surface area contributed by atoms with Gasteiger partial charge in [0.25, 0.3) is 5.91 Å². The molecule has 0 aliphatic rings. The molecule has 0 aliphatic heterocycles. The van der Waals surface area contributed by atoms with Crippen molar-refractivity contribution in [1.82, 2.24) is 10.8 Å². The third-order valence-corrected chi connectivity index (χ3v) is 2.85. The summed E-state index contributed by atoms with van der Waals surface area (Å²) in [5.41, 5.74) is 2.07. The van der Waals surface area contributed by atoms with E-state index in [4.69, 9.17) is 9.94 Å². The molecule has 1 aromatic rings. The fourth-order valence-electron chi connectivity index (χ4n) is 1.67. The molecule has 0 aliphatic carbocycles. The lowest BCUT2D eigenvalue weighted by Gasteiger charge is -2.08. The molecule has 0 unspecified atom stereocenters. The second-order valence-corrected chi connectivity index (χ2v) is 4.62. The lowest BCUT2D eigenvalue weighted by molar-refractivity contribution is -0.129. The lowest BCUT2D eigenvalue weighted by Crippen LogP contribution is -2.26. The quantitative estimate of drug-likeness (QED) is 0.369. The molecule has 3 N–H and O–H groups in total. The van der Waals surface area contributed by atoms with Crippen LogP contribution in [-0.4, -0.2) is 30.2 Å². The summed E-state index contributed by atoms with van der Waals surface area (Å²) >= 11 is 0. The summed E-state index contributed by atoms with van der Waals surface area (Å²) < 4.78 is 5.55. The Labute approximate surface area is 124 Å². The monoisotopic (exact) mass is 294 g/mol. The fourth-order valence-corrected chi connectivity index (χ4v) is 1.67. The van der Waals surface area contributed by atoms with Gasteiger partial charge in [-0.05, 0) is 31.0 Å². The number of nitrogens with one attached hydrogen (secondary N) is 2. The van der Waals surface area contributed by atoms with Crippen LogP contribution >= 0.6 is 0 Å². The molecule has 0 bridgehead atoms. The Balaban J connectivity index is 2.39. The van der Waals surface area contributed by atoms with Crippen LogP contribution in [0.2, 0.25) is 0 Å². The lowest BCUT2D eigenvalue weighted by atomic mass is 10.2. The number of carbonyl (C=O) groups is 2. The zero-order chi connectivity index (χ0) is 15.5.